The SMILES string of the molecule is CCOC(=O)O[C@]1(C(=O)COS(=O)(=O)c2ccc(Cl)cc2)[C@H](C)C[C@H]2[C@@H]3C[C@H](Cl)C4=CC(=O)C=C[C@]4(C)[C@H]3C(O)C[C@@]21C. The smallest absolute Gasteiger partial charge is 0.435 e. The summed E-state index contributed by atoms with van der Waals surface area (Å²) in [5, 5.41) is 11.7. The van der Waals surface area contributed by atoms with Crippen LogP contribution in [0, 0.1) is 34.5 Å². The van der Waals surface area contributed by atoms with Gasteiger partial charge in [0, 0.05) is 27.7 Å². The normalized spacial score (nSPS) is 38.4. The van der Waals surface area contributed by atoms with Gasteiger partial charge in [-0.2, -0.15) is 8.42 Å². The Kier molecular flexibility index (Phi) is 8.44. The Bertz CT molecular complexity index is 1490. The number of hydrogen-bond acceptors (Lipinski definition) is 9. The lowest BCUT2D eigenvalue weighted by molar-refractivity contribution is -0.188. The summed E-state index contributed by atoms with van der Waals surface area (Å²) >= 11 is 12.8. The van der Waals surface area contributed by atoms with Gasteiger partial charge in [0.2, 0.25) is 5.78 Å². The number of halogens is 2. The van der Waals surface area contributed by atoms with E-state index in [4.69, 9.17) is 36.9 Å². The lowest BCUT2D eigenvalue weighted by Crippen LogP contribution is -2.65. The summed E-state index contributed by atoms with van der Waals surface area (Å²) in [5.74, 6) is -2.21. The fraction of sp³-hybridized carbons (Fsp3) is 0.581. The third kappa shape index (κ3) is 5.07. The molecule has 0 spiro atoms. The minimum atomic E-state index is -4.36. The number of carbonyl (C=O) groups excluding carboxylic acids is 3. The van der Waals surface area contributed by atoms with Gasteiger partial charge in [-0.1, -0.05) is 38.4 Å². The number of fused-ring (bicyclic) bond motifs is 5. The number of alkyl halides is 1. The van der Waals surface area contributed by atoms with Crippen molar-refractivity contribution in [2.24, 2.45) is 34.5 Å². The van der Waals surface area contributed by atoms with Crippen LogP contribution in [0.15, 0.2) is 53.0 Å². The topological polar surface area (TPSA) is 133 Å². The molecular weight excluding hydrogens is 619 g/mol. The minimum absolute atomic E-state index is 0.00114. The van der Waals surface area contributed by atoms with Crippen LogP contribution in [0.1, 0.15) is 47.0 Å². The minimum Gasteiger partial charge on any atom is -0.435 e. The van der Waals surface area contributed by atoms with E-state index in [0.29, 0.717) is 17.9 Å². The first-order valence-electron chi connectivity index (χ1n) is 14.4. The summed E-state index contributed by atoms with van der Waals surface area (Å²) in [6, 6.07) is 5.31. The highest BCUT2D eigenvalue weighted by atomic mass is 35.5. The quantitative estimate of drug-likeness (QED) is 0.237. The molecule has 12 heteroatoms. The van der Waals surface area contributed by atoms with E-state index in [9.17, 15) is 27.9 Å². The van der Waals surface area contributed by atoms with E-state index in [1.807, 2.05) is 19.9 Å². The second-order valence-corrected chi connectivity index (χ2v) is 15.1. The highest BCUT2D eigenvalue weighted by molar-refractivity contribution is 7.86. The lowest BCUT2D eigenvalue weighted by Gasteiger charge is -2.60. The van der Waals surface area contributed by atoms with Gasteiger partial charge < -0.3 is 14.6 Å². The first kappa shape index (κ1) is 32.2. The van der Waals surface area contributed by atoms with Crippen LogP contribution in [0.5, 0.6) is 0 Å². The monoisotopic (exact) mass is 654 g/mol. The van der Waals surface area contributed by atoms with E-state index in [0.717, 1.165) is 5.57 Å². The number of aliphatic hydroxyl groups excluding tert-OH is 1. The Labute approximate surface area is 261 Å². The van der Waals surface area contributed by atoms with Gasteiger partial charge in [0.1, 0.15) is 6.61 Å². The van der Waals surface area contributed by atoms with Crippen LogP contribution in [-0.4, -0.2) is 61.5 Å². The maximum atomic E-state index is 14.3. The zero-order valence-corrected chi connectivity index (χ0v) is 26.7. The molecule has 0 aromatic heterocycles. The summed E-state index contributed by atoms with van der Waals surface area (Å²) in [6.07, 6.45) is 3.84. The van der Waals surface area contributed by atoms with E-state index in [2.05, 4.69) is 0 Å². The van der Waals surface area contributed by atoms with Crippen LogP contribution in [0.3, 0.4) is 0 Å². The second kappa shape index (κ2) is 11.3. The summed E-state index contributed by atoms with van der Waals surface area (Å²) in [5.41, 5.74) is -2.89. The molecular formula is C31H36Cl2O9S. The molecule has 43 heavy (non-hydrogen) atoms. The van der Waals surface area contributed by atoms with Crippen LogP contribution in [0.4, 0.5) is 4.79 Å². The molecule has 1 unspecified atom stereocenters. The van der Waals surface area contributed by atoms with Crippen LogP contribution in [-0.2, 0) is 33.4 Å². The Balaban J connectivity index is 1.53. The first-order chi connectivity index (χ1) is 20.1. The van der Waals surface area contributed by atoms with Crippen molar-refractivity contribution < 1.29 is 41.6 Å². The van der Waals surface area contributed by atoms with Crippen molar-refractivity contribution in [3.63, 3.8) is 0 Å². The number of benzene rings is 1. The van der Waals surface area contributed by atoms with Crippen molar-refractivity contribution >= 4 is 51.0 Å². The standard InChI is InChI=1S/C31H36Cl2O9S/c1-5-40-28(37)42-31(26(36)16-41-43(38,39)20-8-6-18(32)7-9-20)17(2)12-22-21-14-24(33)23-13-19(34)10-11-29(23,3)27(21)25(35)15-30(22,31)4/h6-11,13,17,21-22,24-25,27,35H,5,12,14-16H2,1-4H3/t17-,21+,22+,24+,25?,27-,29+,30+,31+/m1/s1. The molecule has 0 bridgehead atoms. The molecule has 0 aliphatic heterocycles. The number of carbonyl (C=O) groups is 3. The molecule has 0 saturated heterocycles. The second-order valence-electron chi connectivity index (χ2n) is 12.6. The molecule has 9 nitrogen and oxygen atoms in total. The molecule has 4 aliphatic rings. The maximum Gasteiger partial charge on any atom is 0.509 e. The highest BCUT2D eigenvalue weighted by Gasteiger charge is 2.73. The van der Waals surface area contributed by atoms with E-state index in [-0.39, 0.29) is 41.5 Å². The fourth-order valence-corrected chi connectivity index (χ4v) is 10.2. The number of allylic oxidation sites excluding steroid dienone is 4. The molecule has 0 heterocycles. The Hall–Kier alpha value is -2.24. The average molecular weight is 656 g/mol. The number of ketones is 2. The van der Waals surface area contributed by atoms with Crippen molar-refractivity contribution in [1.29, 1.82) is 0 Å². The number of rotatable bonds is 7. The third-order valence-corrected chi connectivity index (χ3v) is 12.3. The Morgan fingerprint density at radius 2 is 1.81 bits per heavy atom. The van der Waals surface area contributed by atoms with E-state index in [1.54, 1.807) is 19.9 Å². The number of hydrogen-bond donors (Lipinski definition) is 1. The van der Waals surface area contributed by atoms with E-state index in [1.165, 1.54) is 30.3 Å². The van der Waals surface area contributed by atoms with Crippen molar-refractivity contribution in [3.05, 3.63) is 53.1 Å². The molecule has 3 saturated carbocycles. The van der Waals surface area contributed by atoms with Gasteiger partial charge in [-0.05, 0) is 80.0 Å². The van der Waals surface area contributed by atoms with E-state index < -0.39 is 62.5 Å². The molecule has 9 atom stereocenters. The van der Waals surface area contributed by atoms with Crippen molar-refractivity contribution in [2.75, 3.05) is 13.2 Å². The molecule has 234 valence electrons. The van der Waals surface area contributed by atoms with Gasteiger partial charge in [0.25, 0.3) is 10.1 Å². The first-order valence-corrected chi connectivity index (χ1v) is 16.6. The molecule has 1 aromatic carbocycles. The summed E-state index contributed by atoms with van der Waals surface area (Å²) in [6.45, 7) is 6.27. The zero-order chi connectivity index (χ0) is 31.5. The van der Waals surface area contributed by atoms with Gasteiger partial charge >= 0.3 is 6.16 Å². The van der Waals surface area contributed by atoms with Crippen molar-refractivity contribution in [3.8, 4) is 0 Å². The summed E-state index contributed by atoms with van der Waals surface area (Å²) in [7, 11) is -4.36. The van der Waals surface area contributed by atoms with Gasteiger partial charge in [0.05, 0.1) is 23.0 Å². The molecule has 0 amide bonds. The van der Waals surface area contributed by atoms with Crippen molar-refractivity contribution in [2.45, 2.75) is 68.9 Å². The third-order valence-electron chi connectivity index (χ3n) is 10.4. The Morgan fingerprint density at radius 1 is 1.14 bits per heavy atom. The predicted octanol–water partition coefficient (Wildman–Crippen LogP) is 5.27. The highest BCUT2D eigenvalue weighted by Crippen LogP contribution is 2.69. The van der Waals surface area contributed by atoms with Crippen LogP contribution >= 0.6 is 23.2 Å². The maximum absolute atomic E-state index is 14.3. The van der Waals surface area contributed by atoms with Crippen LogP contribution in [0.2, 0.25) is 5.02 Å². The average Bonchev–Trinajstić information content (AvgIpc) is 3.15. The van der Waals surface area contributed by atoms with Crippen molar-refractivity contribution in [1.82, 2.24) is 0 Å². The van der Waals surface area contributed by atoms with Gasteiger partial charge in [-0.3, -0.25) is 13.8 Å². The molecule has 3 fully saturated rings. The van der Waals surface area contributed by atoms with Gasteiger partial charge in [-0.15, -0.1) is 11.6 Å². The lowest BCUT2D eigenvalue weighted by atomic mass is 9.46. The summed E-state index contributed by atoms with van der Waals surface area (Å²) in [4.78, 5) is 39.2. The number of aliphatic hydroxyl groups is 1. The summed E-state index contributed by atoms with van der Waals surface area (Å²) < 4.78 is 42.2. The molecule has 1 aromatic rings. The van der Waals surface area contributed by atoms with Gasteiger partial charge in [0.15, 0.2) is 11.4 Å². The fourth-order valence-electron chi connectivity index (χ4n) is 8.71. The molecule has 5 rings (SSSR count). The molecule has 0 radical (unpaired) electrons. The largest absolute Gasteiger partial charge is 0.509 e. The molecule has 4 aliphatic carbocycles. The molecule has 1 N–H and O–H groups in total. The zero-order valence-electron chi connectivity index (χ0n) is 24.4. The van der Waals surface area contributed by atoms with Gasteiger partial charge in [-0.25, -0.2) is 4.79 Å². The predicted molar refractivity (Wildman–Crippen MR) is 158 cm³/mol. The number of ether oxygens (including phenoxy) is 2. The Morgan fingerprint density at radius 3 is 2.47 bits per heavy atom. The number of Topliss-reactive ketones (excluding diaryl/α,β-unsaturated/α-hetero) is 1. The van der Waals surface area contributed by atoms with Crippen LogP contribution in [0.25, 0.3) is 0 Å². The van der Waals surface area contributed by atoms with E-state index >= 15 is 0 Å². The van der Waals surface area contributed by atoms with Crippen LogP contribution < -0.4 is 0 Å².